The first-order chi connectivity index (χ1) is 12.4. The van der Waals surface area contributed by atoms with Crippen molar-refractivity contribution in [2.75, 3.05) is 7.11 Å². The predicted octanol–water partition coefficient (Wildman–Crippen LogP) is -0.137. The number of benzene rings is 1. The lowest BCUT2D eigenvalue weighted by Crippen LogP contribution is -2.38. The van der Waals surface area contributed by atoms with E-state index in [-0.39, 0.29) is 16.7 Å². The van der Waals surface area contributed by atoms with Crippen molar-refractivity contribution in [3.05, 3.63) is 65.6 Å². The van der Waals surface area contributed by atoms with Crippen LogP contribution < -0.4 is 26.1 Å². The van der Waals surface area contributed by atoms with Gasteiger partial charge in [0.25, 0.3) is 11.1 Å². The van der Waals surface area contributed by atoms with Crippen LogP contribution in [0.5, 0.6) is 5.75 Å². The molecule has 3 heterocycles. The molecule has 0 saturated carbocycles. The number of thiazole rings is 1. The molecule has 0 aliphatic heterocycles. The normalized spacial score (nSPS) is 12.3. The van der Waals surface area contributed by atoms with Gasteiger partial charge in [-0.15, -0.1) is 0 Å². The largest absolute Gasteiger partial charge is 0.497 e. The first-order valence-electron chi connectivity index (χ1n) is 7.69. The predicted molar refractivity (Wildman–Crippen MR) is 99.1 cm³/mol. The SMILES string of the molecule is COc1ccc(C=c2sc3nc4c(c(=O)n(C)c(=O)n4C)n3c2=O)cc1. The number of methoxy groups -OCH3 is 1. The second-order valence-electron chi connectivity index (χ2n) is 5.80. The monoisotopic (exact) mass is 370 g/mol. The standard InChI is InChI=1S/C17H14N4O4S/c1-19-13-12(15(23)20(2)17(19)24)21-14(22)11(26-16(21)18-13)8-9-4-6-10(25-3)7-5-9/h4-8H,1-3H3. The summed E-state index contributed by atoms with van der Waals surface area (Å²) in [5.74, 6) is 0.723. The molecule has 0 spiro atoms. The van der Waals surface area contributed by atoms with Gasteiger partial charge >= 0.3 is 5.69 Å². The number of imidazole rings is 1. The summed E-state index contributed by atoms with van der Waals surface area (Å²) in [6, 6.07) is 7.27. The second-order valence-corrected chi connectivity index (χ2v) is 6.81. The molecule has 0 N–H and O–H groups in total. The number of hydrogen-bond acceptors (Lipinski definition) is 6. The molecule has 0 aliphatic carbocycles. The third kappa shape index (κ3) is 2.21. The van der Waals surface area contributed by atoms with Crippen molar-refractivity contribution in [1.29, 1.82) is 0 Å². The summed E-state index contributed by atoms with van der Waals surface area (Å²) >= 11 is 1.17. The molecule has 0 unspecified atom stereocenters. The maximum absolute atomic E-state index is 12.8. The highest BCUT2D eigenvalue weighted by Gasteiger charge is 2.18. The van der Waals surface area contributed by atoms with E-state index in [2.05, 4.69) is 4.98 Å². The molecule has 0 bridgehead atoms. The number of aryl methyl sites for hydroxylation is 1. The lowest BCUT2D eigenvalue weighted by molar-refractivity contribution is 0.415. The summed E-state index contributed by atoms with van der Waals surface area (Å²) in [5, 5.41) is 0. The lowest BCUT2D eigenvalue weighted by Gasteiger charge is -2.01. The van der Waals surface area contributed by atoms with E-state index in [1.807, 2.05) is 12.1 Å². The molecule has 0 aliphatic rings. The maximum atomic E-state index is 12.8. The van der Waals surface area contributed by atoms with E-state index >= 15 is 0 Å². The van der Waals surface area contributed by atoms with E-state index in [0.29, 0.717) is 9.49 Å². The summed E-state index contributed by atoms with van der Waals surface area (Å²) in [6.45, 7) is 0. The zero-order chi connectivity index (χ0) is 18.6. The third-order valence-corrected chi connectivity index (χ3v) is 5.22. The number of rotatable bonds is 2. The Labute approximate surface area is 149 Å². The summed E-state index contributed by atoms with van der Waals surface area (Å²) in [7, 11) is 4.49. The van der Waals surface area contributed by atoms with Crippen LogP contribution in [-0.4, -0.2) is 25.6 Å². The van der Waals surface area contributed by atoms with E-state index in [1.165, 1.54) is 34.4 Å². The van der Waals surface area contributed by atoms with Crippen LogP contribution in [0.2, 0.25) is 0 Å². The van der Waals surface area contributed by atoms with Crippen LogP contribution in [0.1, 0.15) is 5.56 Å². The fraction of sp³-hybridized carbons (Fsp3) is 0.176. The molecule has 132 valence electrons. The molecule has 26 heavy (non-hydrogen) atoms. The van der Waals surface area contributed by atoms with Gasteiger partial charge in [0.2, 0.25) is 0 Å². The van der Waals surface area contributed by atoms with E-state index in [0.717, 1.165) is 15.9 Å². The minimum absolute atomic E-state index is 0.111. The molecule has 4 rings (SSSR count). The smallest absolute Gasteiger partial charge is 0.332 e. The summed E-state index contributed by atoms with van der Waals surface area (Å²) in [5.41, 5.74) is -0.207. The quantitative estimate of drug-likeness (QED) is 0.490. The zero-order valence-corrected chi connectivity index (χ0v) is 15.0. The first-order valence-corrected chi connectivity index (χ1v) is 8.51. The van der Waals surface area contributed by atoms with Gasteiger partial charge in [0.15, 0.2) is 16.1 Å². The minimum atomic E-state index is -0.540. The van der Waals surface area contributed by atoms with Gasteiger partial charge in [-0.25, -0.2) is 9.20 Å². The number of ether oxygens (including phenoxy) is 1. The Morgan fingerprint density at radius 3 is 2.38 bits per heavy atom. The van der Waals surface area contributed by atoms with E-state index in [9.17, 15) is 14.4 Å². The number of nitrogens with zero attached hydrogens (tertiary/aromatic N) is 4. The maximum Gasteiger partial charge on any atom is 0.332 e. The van der Waals surface area contributed by atoms with Crippen LogP contribution in [0, 0.1) is 0 Å². The van der Waals surface area contributed by atoms with E-state index in [1.54, 1.807) is 25.3 Å². The topological polar surface area (TPSA) is 87.6 Å². The molecular weight excluding hydrogens is 356 g/mol. The van der Waals surface area contributed by atoms with Crippen molar-refractivity contribution in [2.45, 2.75) is 0 Å². The minimum Gasteiger partial charge on any atom is -0.497 e. The van der Waals surface area contributed by atoms with Crippen LogP contribution in [0.4, 0.5) is 0 Å². The van der Waals surface area contributed by atoms with Crippen molar-refractivity contribution in [2.24, 2.45) is 14.1 Å². The molecule has 0 radical (unpaired) electrons. The van der Waals surface area contributed by atoms with E-state index in [4.69, 9.17) is 4.74 Å². The second kappa shape index (κ2) is 5.67. The van der Waals surface area contributed by atoms with Crippen LogP contribution in [0.25, 0.3) is 22.2 Å². The molecule has 0 fully saturated rings. The van der Waals surface area contributed by atoms with Gasteiger partial charge < -0.3 is 4.74 Å². The van der Waals surface area contributed by atoms with Crippen molar-refractivity contribution in [3.63, 3.8) is 0 Å². The van der Waals surface area contributed by atoms with Crippen LogP contribution in [0.3, 0.4) is 0 Å². The Balaban J connectivity index is 2.04. The van der Waals surface area contributed by atoms with Gasteiger partial charge in [0.05, 0.1) is 11.6 Å². The Kier molecular flexibility index (Phi) is 3.55. The molecule has 4 aromatic rings. The molecule has 3 aromatic heterocycles. The van der Waals surface area contributed by atoms with Crippen molar-refractivity contribution < 1.29 is 4.74 Å². The van der Waals surface area contributed by atoms with Crippen molar-refractivity contribution in [1.82, 2.24) is 18.5 Å². The molecular formula is C17H14N4O4S. The van der Waals surface area contributed by atoms with Crippen LogP contribution in [0.15, 0.2) is 38.6 Å². The number of aromatic nitrogens is 4. The van der Waals surface area contributed by atoms with Crippen LogP contribution >= 0.6 is 11.3 Å². The summed E-state index contributed by atoms with van der Waals surface area (Å²) < 4.78 is 9.09. The van der Waals surface area contributed by atoms with Gasteiger partial charge in [-0.1, -0.05) is 23.5 Å². The average molecular weight is 370 g/mol. The van der Waals surface area contributed by atoms with Gasteiger partial charge in [-0.2, -0.15) is 4.98 Å². The van der Waals surface area contributed by atoms with Gasteiger partial charge in [0, 0.05) is 14.1 Å². The number of hydrogen-bond donors (Lipinski definition) is 0. The first kappa shape index (κ1) is 16.3. The molecule has 0 saturated heterocycles. The summed E-state index contributed by atoms with van der Waals surface area (Å²) in [6.07, 6.45) is 1.74. The average Bonchev–Trinajstić information content (AvgIpc) is 3.16. The van der Waals surface area contributed by atoms with Gasteiger partial charge in [-0.3, -0.25) is 18.7 Å². The molecule has 8 nitrogen and oxygen atoms in total. The Bertz CT molecular complexity index is 1390. The van der Waals surface area contributed by atoms with Crippen molar-refractivity contribution >= 4 is 33.5 Å². The lowest BCUT2D eigenvalue weighted by atomic mass is 10.2. The highest BCUT2D eigenvalue weighted by atomic mass is 32.1. The molecule has 1 aromatic carbocycles. The van der Waals surface area contributed by atoms with Gasteiger partial charge in [0.1, 0.15) is 5.75 Å². The highest BCUT2D eigenvalue weighted by molar-refractivity contribution is 7.15. The summed E-state index contributed by atoms with van der Waals surface area (Å²) in [4.78, 5) is 42.1. The Morgan fingerprint density at radius 1 is 1.04 bits per heavy atom. The molecule has 9 heteroatoms. The van der Waals surface area contributed by atoms with Gasteiger partial charge in [-0.05, 0) is 23.8 Å². The Hall–Kier alpha value is -3.20. The van der Waals surface area contributed by atoms with E-state index < -0.39 is 11.2 Å². The number of fused-ring (bicyclic) bond motifs is 3. The third-order valence-electron chi connectivity index (χ3n) is 4.26. The van der Waals surface area contributed by atoms with Crippen molar-refractivity contribution in [3.8, 4) is 5.75 Å². The molecule has 0 amide bonds. The Morgan fingerprint density at radius 2 is 1.73 bits per heavy atom. The fourth-order valence-electron chi connectivity index (χ4n) is 2.83. The fourth-order valence-corrected chi connectivity index (χ4v) is 3.80. The highest BCUT2D eigenvalue weighted by Crippen LogP contribution is 2.13. The molecule has 0 atom stereocenters. The zero-order valence-electron chi connectivity index (χ0n) is 14.2. The van der Waals surface area contributed by atoms with Crippen LogP contribution in [-0.2, 0) is 14.1 Å².